The van der Waals surface area contributed by atoms with Crippen molar-refractivity contribution in [2.24, 2.45) is 5.41 Å². The Balaban J connectivity index is 1.46. The Hall–Kier alpha value is -2.37. The van der Waals surface area contributed by atoms with Gasteiger partial charge >= 0.3 is 0 Å². The Morgan fingerprint density at radius 3 is 2.69 bits per heavy atom. The molecule has 5 heteroatoms. The summed E-state index contributed by atoms with van der Waals surface area (Å²) >= 11 is 0. The smallest absolute Gasteiger partial charge is 0.154 e. The third-order valence-electron chi connectivity index (χ3n) is 6.73. The van der Waals surface area contributed by atoms with Gasteiger partial charge in [0.15, 0.2) is 5.76 Å². The highest BCUT2D eigenvalue weighted by Crippen LogP contribution is 2.45. The van der Waals surface area contributed by atoms with Crippen LogP contribution >= 0.6 is 0 Å². The molecule has 0 bridgehead atoms. The first-order chi connectivity index (χ1) is 14.1. The van der Waals surface area contributed by atoms with Crippen molar-refractivity contribution in [1.82, 2.24) is 14.7 Å². The molecule has 3 heterocycles. The Labute approximate surface area is 172 Å². The third-order valence-corrected chi connectivity index (χ3v) is 6.73. The minimum absolute atomic E-state index is 0.0924. The van der Waals surface area contributed by atoms with Gasteiger partial charge in [0.1, 0.15) is 11.5 Å². The van der Waals surface area contributed by atoms with Crippen LogP contribution in [0.15, 0.2) is 53.1 Å². The minimum Gasteiger partial charge on any atom is -0.460 e. The fourth-order valence-electron chi connectivity index (χ4n) is 5.24. The maximum Gasteiger partial charge on any atom is 0.154 e. The van der Waals surface area contributed by atoms with Gasteiger partial charge in [-0.1, -0.05) is 24.6 Å². The summed E-state index contributed by atoms with van der Waals surface area (Å²) < 4.78 is 7.88. The van der Waals surface area contributed by atoms with Crippen LogP contribution in [0.5, 0.6) is 0 Å². The number of hydrogen-bond acceptors (Lipinski definition) is 4. The summed E-state index contributed by atoms with van der Waals surface area (Å²) in [5, 5.41) is 15.5. The molecule has 1 aliphatic heterocycles. The number of aromatic nitrogens is 2. The molecule has 2 aromatic heterocycles. The van der Waals surface area contributed by atoms with Crippen molar-refractivity contribution < 1.29 is 9.52 Å². The number of benzene rings is 1. The minimum atomic E-state index is -0.149. The Morgan fingerprint density at radius 1 is 1.14 bits per heavy atom. The molecule has 1 saturated heterocycles. The van der Waals surface area contributed by atoms with Crippen molar-refractivity contribution >= 4 is 0 Å². The standard InChI is InChI=1S/C24H29N3O2/c1-18-10-11-21(29-18)23-19(16-27(25-23)20-7-3-2-4-8-20)15-26-14-6-13-24(17-26)12-5-9-22(24)28/h2-4,7-8,10-11,16,22,28H,5-6,9,12-15,17H2,1H3/t22-,24+/m1/s1. The molecular weight excluding hydrogens is 362 g/mol. The van der Waals surface area contributed by atoms with Crippen molar-refractivity contribution in [3.63, 3.8) is 0 Å². The molecule has 3 aromatic rings. The van der Waals surface area contributed by atoms with E-state index in [1.54, 1.807) is 0 Å². The quantitative estimate of drug-likeness (QED) is 0.708. The summed E-state index contributed by atoms with van der Waals surface area (Å²) in [7, 11) is 0. The van der Waals surface area contributed by atoms with Gasteiger partial charge in [-0.3, -0.25) is 4.90 Å². The van der Waals surface area contributed by atoms with Gasteiger partial charge in [-0.05, 0) is 63.4 Å². The number of hydrogen-bond donors (Lipinski definition) is 1. The largest absolute Gasteiger partial charge is 0.460 e. The van der Waals surface area contributed by atoms with Gasteiger partial charge in [-0.15, -0.1) is 0 Å². The van der Waals surface area contributed by atoms with E-state index in [1.165, 1.54) is 5.56 Å². The lowest BCUT2D eigenvalue weighted by Gasteiger charge is -2.42. The number of furan rings is 1. The van der Waals surface area contributed by atoms with E-state index >= 15 is 0 Å². The third kappa shape index (κ3) is 3.53. The fraction of sp³-hybridized carbons (Fsp3) is 0.458. The Morgan fingerprint density at radius 2 is 1.97 bits per heavy atom. The highest BCUT2D eigenvalue weighted by atomic mass is 16.3. The van der Waals surface area contributed by atoms with Crippen molar-refractivity contribution in [2.45, 2.75) is 51.7 Å². The SMILES string of the molecule is Cc1ccc(-c2nn(-c3ccccc3)cc2CN2CCC[C@@]3(CCC[C@H]3O)C2)o1. The van der Waals surface area contributed by atoms with E-state index < -0.39 is 0 Å². The summed E-state index contributed by atoms with van der Waals surface area (Å²) in [5.41, 5.74) is 3.22. The molecule has 0 amide bonds. The maximum atomic E-state index is 10.6. The molecule has 2 fully saturated rings. The number of aliphatic hydroxyl groups excluding tert-OH is 1. The number of aliphatic hydroxyl groups is 1. The number of piperidine rings is 1. The molecule has 5 rings (SSSR count). The number of likely N-dealkylation sites (tertiary alicyclic amines) is 1. The maximum absolute atomic E-state index is 10.6. The normalized spacial score (nSPS) is 25.1. The average molecular weight is 392 g/mol. The van der Waals surface area contributed by atoms with E-state index in [0.29, 0.717) is 0 Å². The molecule has 1 aliphatic carbocycles. The van der Waals surface area contributed by atoms with Crippen molar-refractivity contribution in [3.8, 4) is 17.1 Å². The van der Waals surface area contributed by atoms with Gasteiger partial charge in [0.05, 0.1) is 11.8 Å². The van der Waals surface area contributed by atoms with Gasteiger partial charge in [-0.2, -0.15) is 5.10 Å². The lowest BCUT2D eigenvalue weighted by Crippen LogP contribution is -2.46. The van der Waals surface area contributed by atoms with Gasteiger partial charge in [0.25, 0.3) is 0 Å². The van der Waals surface area contributed by atoms with Crippen LogP contribution in [0, 0.1) is 12.3 Å². The van der Waals surface area contributed by atoms with Crippen molar-refractivity contribution in [2.75, 3.05) is 13.1 Å². The lowest BCUT2D eigenvalue weighted by molar-refractivity contribution is -0.0119. The van der Waals surface area contributed by atoms with Crippen LogP contribution in [0.2, 0.25) is 0 Å². The van der Waals surface area contributed by atoms with E-state index in [9.17, 15) is 5.11 Å². The van der Waals surface area contributed by atoms with Crippen LogP contribution in [0.25, 0.3) is 17.1 Å². The molecule has 152 valence electrons. The first-order valence-electron chi connectivity index (χ1n) is 10.7. The summed E-state index contributed by atoms with van der Waals surface area (Å²) in [6.45, 7) is 4.84. The van der Waals surface area contributed by atoms with Gasteiger partial charge in [0.2, 0.25) is 0 Å². The zero-order chi connectivity index (χ0) is 19.8. The lowest BCUT2D eigenvalue weighted by atomic mass is 9.76. The van der Waals surface area contributed by atoms with Crippen LogP contribution in [-0.2, 0) is 6.54 Å². The van der Waals surface area contributed by atoms with Gasteiger partial charge in [-0.25, -0.2) is 4.68 Å². The van der Waals surface area contributed by atoms with E-state index in [4.69, 9.17) is 9.52 Å². The predicted octanol–water partition coefficient (Wildman–Crippen LogP) is 4.57. The number of aryl methyl sites for hydroxylation is 1. The summed E-state index contributed by atoms with van der Waals surface area (Å²) in [6, 6.07) is 14.2. The van der Waals surface area contributed by atoms with Crippen molar-refractivity contribution in [1.29, 1.82) is 0 Å². The Bertz CT molecular complexity index is 977. The molecule has 1 N–H and O–H groups in total. The van der Waals surface area contributed by atoms with Crippen LogP contribution in [-0.4, -0.2) is 39.0 Å². The second-order valence-electron chi connectivity index (χ2n) is 8.78. The van der Waals surface area contributed by atoms with Crippen LogP contribution in [0.4, 0.5) is 0 Å². The topological polar surface area (TPSA) is 54.4 Å². The molecule has 2 atom stereocenters. The predicted molar refractivity (Wildman–Crippen MR) is 113 cm³/mol. The molecule has 0 unspecified atom stereocenters. The van der Waals surface area contributed by atoms with Crippen LogP contribution < -0.4 is 0 Å². The molecule has 5 nitrogen and oxygen atoms in total. The number of para-hydroxylation sites is 1. The zero-order valence-electron chi connectivity index (χ0n) is 17.1. The van der Waals surface area contributed by atoms with E-state index in [1.807, 2.05) is 41.9 Å². The fourth-order valence-corrected chi connectivity index (χ4v) is 5.24. The second-order valence-corrected chi connectivity index (χ2v) is 8.78. The van der Waals surface area contributed by atoms with Gasteiger partial charge < -0.3 is 9.52 Å². The van der Waals surface area contributed by atoms with Crippen LogP contribution in [0.1, 0.15) is 43.4 Å². The Kier molecular flexibility index (Phi) is 4.80. The summed E-state index contributed by atoms with van der Waals surface area (Å²) in [4.78, 5) is 2.50. The van der Waals surface area contributed by atoms with Gasteiger partial charge in [0, 0.05) is 30.3 Å². The first-order valence-corrected chi connectivity index (χ1v) is 10.7. The molecular formula is C24H29N3O2. The number of nitrogens with zero attached hydrogens (tertiary/aromatic N) is 3. The zero-order valence-corrected chi connectivity index (χ0v) is 17.1. The van der Waals surface area contributed by atoms with E-state index in [2.05, 4.69) is 23.2 Å². The summed E-state index contributed by atoms with van der Waals surface area (Å²) in [6.07, 6.45) is 7.54. The molecule has 1 spiro atoms. The molecule has 1 saturated carbocycles. The average Bonchev–Trinajstić information content (AvgIpc) is 3.43. The second kappa shape index (κ2) is 7.47. The summed E-state index contributed by atoms with van der Waals surface area (Å²) in [5.74, 6) is 1.71. The number of rotatable bonds is 4. The monoisotopic (exact) mass is 391 g/mol. The molecule has 0 radical (unpaired) electrons. The molecule has 1 aromatic carbocycles. The molecule has 2 aliphatic rings. The highest BCUT2D eigenvalue weighted by Gasteiger charge is 2.44. The van der Waals surface area contributed by atoms with E-state index in [0.717, 1.165) is 74.6 Å². The highest BCUT2D eigenvalue weighted by molar-refractivity contribution is 5.58. The van der Waals surface area contributed by atoms with E-state index in [-0.39, 0.29) is 11.5 Å². The molecule has 29 heavy (non-hydrogen) atoms. The van der Waals surface area contributed by atoms with Crippen molar-refractivity contribution in [3.05, 3.63) is 60.0 Å². The first kappa shape index (κ1) is 18.6. The van der Waals surface area contributed by atoms with Crippen LogP contribution in [0.3, 0.4) is 0 Å².